The summed E-state index contributed by atoms with van der Waals surface area (Å²) in [5.41, 5.74) is 3.11. The Hall–Kier alpha value is -3.17. The fraction of sp³-hybridized carbons (Fsp3) is 0.385. The molecule has 0 bridgehead atoms. The Labute approximate surface area is 207 Å². The number of carbonyl (C=O) groups excluding carboxylic acids is 2. The van der Waals surface area contributed by atoms with Gasteiger partial charge in [-0.2, -0.15) is 0 Å². The van der Waals surface area contributed by atoms with E-state index in [0.717, 1.165) is 35.1 Å². The number of likely N-dealkylation sites (tertiary alicyclic amines) is 1. The smallest absolute Gasteiger partial charge is 0.264 e. The first-order chi connectivity index (χ1) is 16.8. The molecule has 1 fully saturated rings. The van der Waals surface area contributed by atoms with Crippen LogP contribution in [0.1, 0.15) is 42.4 Å². The van der Waals surface area contributed by atoms with Crippen LogP contribution >= 0.6 is 0 Å². The second kappa shape index (κ2) is 11.0. The predicted octanol–water partition coefficient (Wildman–Crippen LogP) is 2.65. The zero-order valence-electron chi connectivity index (χ0n) is 19.9. The van der Waals surface area contributed by atoms with Crippen molar-refractivity contribution in [2.45, 2.75) is 56.6 Å². The van der Waals surface area contributed by atoms with Crippen molar-refractivity contribution in [2.24, 2.45) is 0 Å². The third kappa shape index (κ3) is 6.29. The van der Waals surface area contributed by atoms with Gasteiger partial charge in [0, 0.05) is 25.5 Å². The molecule has 1 atom stereocenters. The van der Waals surface area contributed by atoms with Gasteiger partial charge < -0.3 is 10.6 Å². The van der Waals surface area contributed by atoms with Crippen LogP contribution < -0.4 is 10.6 Å². The number of hydrogen-bond acceptors (Lipinski definition) is 5. The number of rotatable bonds is 8. The molecule has 2 aromatic rings. The molecule has 186 valence electrons. The van der Waals surface area contributed by atoms with Gasteiger partial charge in [-0.3, -0.25) is 18.8 Å². The Morgan fingerprint density at radius 1 is 1.00 bits per heavy atom. The molecular formula is C26H32N4O4S. The van der Waals surface area contributed by atoms with Crippen molar-refractivity contribution in [3.63, 3.8) is 0 Å². The van der Waals surface area contributed by atoms with E-state index in [2.05, 4.69) is 27.7 Å². The highest BCUT2D eigenvalue weighted by Crippen LogP contribution is 2.23. The van der Waals surface area contributed by atoms with Gasteiger partial charge in [0.1, 0.15) is 6.04 Å². The number of carbonyl (C=O) groups is 2. The maximum Gasteiger partial charge on any atom is 0.264 e. The van der Waals surface area contributed by atoms with Crippen LogP contribution in [-0.2, 0) is 32.7 Å². The predicted molar refractivity (Wildman–Crippen MR) is 133 cm³/mol. The van der Waals surface area contributed by atoms with Crippen molar-refractivity contribution in [3.05, 3.63) is 77.6 Å². The first-order valence-electron chi connectivity index (χ1n) is 12.0. The van der Waals surface area contributed by atoms with E-state index < -0.39 is 27.9 Å². The molecule has 2 N–H and O–H groups in total. The first kappa shape index (κ1) is 24.9. The zero-order chi connectivity index (χ0) is 24.8. The minimum atomic E-state index is -3.99. The Bertz CT molecular complexity index is 1170. The Morgan fingerprint density at radius 3 is 2.34 bits per heavy atom. The van der Waals surface area contributed by atoms with Crippen molar-refractivity contribution in [3.8, 4) is 0 Å². The van der Waals surface area contributed by atoms with Gasteiger partial charge in [0.2, 0.25) is 11.8 Å². The number of nitrogens with zero attached hydrogens (tertiary/aromatic N) is 2. The molecule has 1 saturated heterocycles. The molecule has 2 aliphatic rings. The standard InChI is InChI=1S/C26H32N4O4S/c1-20-5-11-23(12-6-20)35(33,34)30-16-13-27-26(32)24(30)17-25(31)28-18-21-7-9-22(10-8-21)19-29-14-3-2-4-15-29/h5-13,16,24H,2-4,14-15,17-19H2,1H3,(H,27,32)(H,28,31)/t24-/m1/s1. The van der Waals surface area contributed by atoms with Crippen LogP contribution in [0.4, 0.5) is 0 Å². The first-order valence-corrected chi connectivity index (χ1v) is 13.4. The van der Waals surface area contributed by atoms with E-state index in [1.54, 1.807) is 12.1 Å². The lowest BCUT2D eigenvalue weighted by atomic mass is 10.1. The molecule has 0 radical (unpaired) electrons. The van der Waals surface area contributed by atoms with Crippen LogP contribution in [0.25, 0.3) is 0 Å². The third-order valence-corrected chi connectivity index (χ3v) is 8.20. The second-order valence-electron chi connectivity index (χ2n) is 9.12. The molecular weight excluding hydrogens is 464 g/mol. The number of piperidine rings is 1. The summed E-state index contributed by atoms with van der Waals surface area (Å²) >= 11 is 0. The number of aryl methyl sites for hydroxylation is 1. The van der Waals surface area contributed by atoms with Crippen molar-refractivity contribution < 1.29 is 18.0 Å². The molecule has 8 nitrogen and oxygen atoms in total. The third-order valence-electron chi connectivity index (χ3n) is 6.40. The molecule has 4 rings (SSSR count). The lowest BCUT2D eigenvalue weighted by molar-refractivity contribution is -0.129. The minimum Gasteiger partial charge on any atom is -0.352 e. The average molecular weight is 497 g/mol. The summed E-state index contributed by atoms with van der Waals surface area (Å²) < 4.78 is 27.3. The monoisotopic (exact) mass is 496 g/mol. The lowest BCUT2D eigenvalue weighted by Crippen LogP contribution is -2.51. The fourth-order valence-corrected chi connectivity index (χ4v) is 5.81. The van der Waals surface area contributed by atoms with E-state index in [4.69, 9.17) is 0 Å². The van der Waals surface area contributed by atoms with Crippen LogP contribution in [0.2, 0.25) is 0 Å². The van der Waals surface area contributed by atoms with Gasteiger partial charge in [0.15, 0.2) is 0 Å². The number of nitrogens with one attached hydrogen (secondary N) is 2. The quantitative estimate of drug-likeness (QED) is 0.586. The van der Waals surface area contributed by atoms with Crippen molar-refractivity contribution in [1.29, 1.82) is 0 Å². The molecule has 35 heavy (non-hydrogen) atoms. The number of hydrogen-bond donors (Lipinski definition) is 2. The van der Waals surface area contributed by atoms with Gasteiger partial charge in [-0.15, -0.1) is 0 Å². The highest BCUT2D eigenvalue weighted by atomic mass is 32.2. The summed E-state index contributed by atoms with van der Waals surface area (Å²) in [5.74, 6) is -0.942. The topological polar surface area (TPSA) is 98.8 Å². The normalized spacial score (nSPS) is 18.8. The zero-order valence-corrected chi connectivity index (χ0v) is 20.8. The number of sulfonamides is 1. The van der Waals surface area contributed by atoms with Crippen molar-refractivity contribution in [1.82, 2.24) is 19.8 Å². The van der Waals surface area contributed by atoms with Gasteiger partial charge in [0.25, 0.3) is 10.0 Å². The summed E-state index contributed by atoms with van der Waals surface area (Å²) in [5, 5.41) is 5.32. The van der Waals surface area contributed by atoms with Crippen LogP contribution in [-0.4, -0.2) is 48.6 Å². The maximum atomic E-state index is 13.1. The summed E-state index contributed by atoms with van der Waals surface area (Å²) in [4.78, 5) is 27.7. The fourth-order valence-electron chi connectivity index (χ4n) is 4.36. The molecule has 2 amide bonds. The summed E-state index contributed by atoms with van der Waals surface area (Å²) in [6, 6.07) is 13.3. The summed E-state index contributed by atoms with van der Waals surface area (Å²) in [6.45, 7) is 5.37. The summed E-state index contributed by atoms with van der Waals surface area (Å²) in [6.07, 6.45) is 6.09. The van der Waals surface area contributed by atoms with E-state index >= 15 is 0 Å². The van der Waals surface area contributed by atoms with Gasteiger partial charge in [-0.1, -0.05) is 48.4 Å². The van der Waals surface area contributed by atoms with Gasteiger partial charge in [-0.05, 0) is 56.1 Å². The molecule has 2 aromatic carbocycles. The molecule has 0 saturated carbocycles. The average Bonchev–Trinajstić information content (AvgIpc) is 2.86. The Balaban J connectivity index is 1.35. The maximum absolute atomic E-state index is 13.1. The van der Waals surface area contributed by atoms with E-state index in [1.165, 1.54) is 49.4 Å². The highest BCUT2D eigenvalue weighted by Gasteiger charge is 2.36. The van der Waals surface area contributed by atoms with E-state index in [0.29, 0.717) is 6.54 Å². The Morgan fingerprint density at radius 2 is 1.66 bits per heavy atom. The molecule has 0 aliphatic carbocycles. The van der Waals surface area contributed by atoms with Gasteiger partial charge in [-0.25, -0.2) is 8.42 Å². The van der Waals surface area contributed by atoms with E-state index in [-0.39, 0.29) is 11.3 Å². The number of amides is 2. The molecule has 2 heterocycles. The van der Waals surface area contributed by atoms with Crippen LogP contribution in [0.5, 0.6) is 0 Å². The molecule has 0 spiro atoms. The van der Waals surface area contributed by atoms with Crippen LogP contribution in [0.15, 0.2) is 65.8 Å². The molecule has 0 unspecified atom stereocenters. The van der Waals surface area contributed by atoms with Crippen molar-refractivity contribution >= 4 is 21.8 Å². The largest absolute Gasteiger partial charge is 0.352 e. The highest BCUT2D eigenvalue weighted by molar-refractivity contribution is 7.89. The van der Waals surface area contributed by atoms with E-state index in [9.17, 15) is 18.0 Å². The van der Waals surface area contributed by atoms with Gasteiger partial charge >= 0.3 is 0 Å². The number of benzene rings is 2. The van der Waals surface area contributed by atoms with Crippen molar-refractivity contribution in [2.75, 3.05) is 13.1 Å². The minimum absolute atomic E-state index is 0.0671. The molecule has 9 heteroatoms. The van der Waals surface area contributed by atoms with E-state index in [1.807, 2.05) is 19.1 Å². The second-order valence-corrected chi connectivity index (χ2v) is 11.0. The lowest BCUT2D eigenvalue weighted by Gasteiger charge is -2.31. The molecule has 2 aliphatic heterocycles. The summed E-state index contributed by atoms with van der Waals surface area (Å²) in [7, 11) is -3.99. The Kier molecular flexibility index (Phi) is 7.87. The van der Waals surface area contributed by atoms with Crippen LogP contribution in [0, 0.1) is 6.92 Å². The van der Waals surface area contributed by atoms with Gasteiger partial charge in [0.05, 0.1) is 11.3 Å². The molecule has 0 aromatic heterocycles. The SMILES string of the molecule is Cc1ccc(S(=O)(=O)N2C=CNC(=O)[C@H]2CC(=O)NCc2ccc(CN3CCCCC3)cc2)cc1. The van der Waals surface area contributed by atoms with Crippen LogP contribution in [0.3, 0.4) is 0 Å².